The van der Waals surface area contributed by atoms with Gasteiger partial charge < -0.3 is 10.1 Å². The summed E-state index contributed by atoms with van der Waals surface area (Å²) in [5.41, 5.74) is 0.360. The molecule has 1 aromatic rings. The lowest BCUT2D eigenvalue weighted by Crippen LogP contribution is -2.25. The first-order valence-electron chi connectivity index (χ1n) is 5.62. The van der Waals surface area contributed by atoms with Crippen molar-refractivity contribution in [3.8, 4) is 5.75 Å². The number of nitrogens with one attached hydrogen (secondary N) is 1. The number of rotatable bonds is 7. The molecule has 106 valence electrons. The molecule has 1 amide bonds. The molecule has 0 saturated carbocycles. The monoisotopic (exact) mass is 291 g/mol. The van der Waals surface area contributed by atoms with Crippen LogP contribution in [0.2, 0.25) is 0 Å². The normalized spacial score (nSPS) is 12.2. The third-order valence-electron chi connectivity index (χ3n) is 2.24. The maximum absolute atomic E-state index is 11.9. The molecule has 0 aliphatic heterocycles. The zero-order chi connectivity index (χ0) is 14.3. The van der Waals surface area contributed by atoms with E-state index in [0.29, 0.717) is 24.3 Å². The predicted octanol–water partition coefficient (Wildman–Crippen LogP) is 1.79. The van der Waals surface area contributed by atoms with Crippen molar-refractivity contribution < 1.29 is 22.5 Å². The molecular formula is C12H15F2NO3S. The molecular weight excluding hydrogens is 276 g/mol. The van der Waals surface area contributed by atoms with Crippen molar-refractivity contribution in [2.24, 2.45) is 0 Å². The predicted molar refractivity (Wildman–Crippen MR) is 69.0 cm³/mol. The SMILES string of the molecule is CS(=O)CCCNC(=O)c1ccc(OC(F)F)cc1. The van der Waals surface area contributed by atoms with Gasteiger partial charge in [-0.05, 0) is 30.7 Å². The van der Waals surface area contributed by atoms with E-state index in [1.54, 1.807) is 6.26 Å². The minimum absolute atomic E-state index is 0.00734. The second kappa shape index (κ2) is 7.83. The van der Waals surface area contributed by atoms with E-state index in [1.807, 2.05) is 0 Å². The van der Waals surface area contributed by atoms with Crippen LogP contribution in [0, 0.1) is 0 Å². The maximum Gasteiger partial charge on any atom is 0.387 e. The number of halogens is 2. The molecule has 0 bridgehead atoms. The van der Waals surface area contributed by atoms with Gasteiger partial charge in [-0.2, -0.15) is 8.78 Å². The van der Waals surface area contributed by atoms with Crippen LogP contribution in [0.1, 0.15) is 16.8 Å². The minimum Gasteiger partial charge on any atom is -0.435 e. The molecule has 1 rings (SSSR count). The summed E-state index contributed by atoms with van der Waals surface area (Å²) in [6, 6.07) is 5.43. The van der Waals surface area contributed by atoms with E-state index in [2.05, 4.69) is 10.1 Å². The van der Waals surface area contributed by atoms with Crippen molar-refractivity contribution in [2.45, 2.75) is 13.0 Å². The lowest BCUT2D eigenvalue weighted by molar-refractivity contribution is -0.0498. The standard InChI is InChI=1S/C12H15F2NO3S/c1-19(17)8-2-7-15-11(16)9-3-5-10(6-4-9)18-12(13)14/h3-6,12H,2,7-8H2,1H3,(H,15,16). The van der Waals surface area contributed by atoms with Crippen LogP contribution in [0.4, 0.5) is 8.78 Å². The van der Waals surface area contributed by atoms with Crippen LogP contribution >= 0.6 is 0 Å². The largest absolute Gasteiger partial charge is 0.435 e. The summed E-state index contributed by atoms with van der Waals surface area (Å²) in [4.78, 5) is 11.6. The molecule has 0 aliphatic rings. The lowest BCUT2D eigenvalue weighted by atomic mass is 10.2. The molecule has 1 N–H and O–H groups in total. The Kier molecular flexibility index (Phi) is 6.41. The van der Waals surface area contributed by atoms with Gasteiger partial charge in [0.1, 0.15) is 5.75 Å². The molecule has 0 saturated heterocycles. The van der Waals surface area contributed by atoms with Gasteiger partial charge in [-0.3, -0.25) is 9.00 Å². The van der Waals surface area contributed by atoms with Gasteiger partial charge in [-0.15, -0.1) is 0 Å². The first-order valence-corrected chi connectivity index (χ1v) is 7.35. The van der Waals surface area contributed by atoms with Gasteiger partial charge in [0.25, 0.3) is 5.91 Å². The number of alkyl halides is 2. The Morgan fingerprint density at radius 3 is 2.53 bits per heavy atom. The molecule has 0 heterocycles. The molecule has 0 radical (unpaired) electrons. The van der Waals surface area contributed by atoms with Crippen LogP contribution in [-0.2, 0) is 10.8 Å². The number of hydrogen-bond acceptors (Lipinski definition) is 3. The molecule has 1 aromatic carbocycles. The van der Waals surface area contributed by atoms with E-state index >= 15 is 0 Å². The fourth-order valence-corrected chi connectivity index (χ4v) is 1.92. The van der Waals surface area contributed by atoms with Crippen LogP contribution < -0.4 is 10.1 Å². The second-order valence-corrected chi connectivity index (χ2v) is 5.34. The first-order chi connectivity index (χ1) is 8.99. The lowest BCUT2D eigenvalue weighted by Gasteiger charge is -2.06. The molecule has 1 atom stereocenters. The topological polar surface area (TPSA) is 55.4 Å². The van der Waals surface area contributed by atoms with E-state index in [-0.39, 0.29) is 11.7 Å². The molecule has 0 spiro atoms. The average Bonchev–Trinajstić information content (AvgIpc) is 2.34. The molecule has 0 fully saturated rings. The molecule has 0 aromatic heterocycles. The van der Waals surface area contributed by atoms with Crippen LogP contribution in [0.15, 0.2) is 24.3 Å². The summed E-state index contributed by atoms with van der Waals surface area (Å²) >= 11 is 0. The highest BCUT2D eigenvalue weighted by Crippen LogP contribution is 2.14. The van der Waals surface area contributed by atoms with Crippen molar-refractivity contribution in [3.05, 3.63) is 29.8 Å². The van der Waals surface area contributed by atoms with E-state index in [0.717, 1.165) is 0 Å². The third-order valence-corrected chi connectivity index (χ3v) is 3.10. The van der Waals surface area contributed by atoms with E-state index in [4.69, 9.17) is 0 Å². The molecule has 0 aliphatic carbocycles. The highest BCUT2D eigenvalue weighted by Gasteiger charge is 2.07. The van der Waals surface area contributed by atoms with Crippen molar-refractivity contribution in [1.82, 2.24) is 5.32 Å². The first kappa shape index (κ1) is 15.6. The number of carbonyl (C=O) groups excluding carboxylic acids is 1. The van der Waals surface area contributed by atoms with Crippen molar-refractivity contribution in [2.75, 3.05) is 18.6 Å². The summed E-state index contributed by atoms with van der Waals surface area (Å²) in [5.74, 6) is 0.236. The summed E-state index contributed by atoms with van der Waals surface area (Å²) in [6.45, 7) is -2.46. The van der Waals surface area contributed by atoms with Crippen LogP contribution in [-0.4, -0.2) is 35.3 Å². The Morgan fingerprint density at radius 2 is 2.00 bits per heavy atom. The van der Waals surface area contributed by atoms with Crippen LogP contribution in [0.25, 0.3) is 0 Å². The average molecular weight is 291 g/mol. The van der Waals surface area contributed by atoms with E-state index in [9.17, 15) is 17.8 Å². The minimum atomic E-state index is -2.88. The van der Waals surface area contributed by atoms with Gasteiger partial charge >= 0.3 is 6.61 Å². The van der Waals surface area contributed by atoms with Crippen LogP contribution in [0.3, 0.4) is 0 Å². The summed E-state index contributed by atoms with van der Waals surface area (Å²) < 4.78 is 38.8. The highest BCUT2D eigenvalue weighted by molar-refractivity contribution is 7.84. The Labute approximate surface area is 112 Å². The quantitative estimate of drug-likeness (QED) is 0.779. The van der Waals surface area contributed by atoms with E-state index in [1.165, 1.54) is 24.3 Å². The molecule has 4 nitrogen and oxygen atoms in total. The molecule has 7 heteroatoms. The number of ether oxygens (including phenoxy) is 1. The summed E-state index contributed by atoms with van der Waals surface area (Å²) in [7, 11) is -0.873. The Hall–Kier alpha value is -1.50. The van der Waals surface area contributed by atoms with Gasteiger partial charge in [0.05, 0.1) is 0 Å². The second-order valence-electron chi connectivity index (χ2n) is 3.79. The fraction of sp³-hybridized carbons (Fsp3) is 0.417. The van der Waals surface area contributed by atoms with Gasteiger partial charge in [-0.25, -0.2) is 0 Å². The van der Waals surface area contributed by atoms with Crippen molar-refractivity contribution >= 4 is 16.7 Å². The van der Waals surface area contributed by atoms with Gasteiger partial charge in [0, 0.05) is 34.9 Å². The van der Waals surface area contributed by atoms with Gasteiger partial charge in [0.2, 0.25) is 0 Å². The smallest absolute Gasteiger partial charge is 0.387 e. The van der Waals surface area contributed by atoms with Gasteiger partial charge in [-0.1, -0.05) is 0 Å². The zero-order valence-electron chi connectivity index (χ0n) is 10.4. The zero-order valence-corrected chi connectivity index (χ0v) is 11.2. The highest BCUT2D eigenvalue weighted by atomic mass is 32.2. The van der Waals surface area contributed by atoms with Crippen LogP contribution in [0.5, 0.6) is 5.75 Å². The van der Waals surface area contributed by atoms with Gasteiger partial charge in [0.15, 0.2) is 0 Å². The summed E-state index contributed by atoms with van der Waals surface area (Å²) in [5, 5.41) is 2.65. The number of amides is 1. The van der Waals surface area contributed by atoms with E-state index < -0.39 is 17.4 Å². The number of hydrogen-bond donors (Lipinski definition) is 1. The Morgan fingerprint density at radius 1 is 1.37 bits per heavy atom. The Bertz CT molecular complexity index is 437. The fourth-order valence-electron chi connectivity index (χ4n) is 1.37. The Balaban J connectivity index is 2.42. The van der Waals surface area contributed by atoms with Crippen molar-refractivity contribution in [3.63, 3.8) is 0 Å². The third kappa shape index (κ3) is 6.28. The maximum atomic E-state index is 11.9. The molecule has 1 unspecified atom stereocenters. The van der Waals surface area contributed by atoms with Crippen molar-refractivity contribution in [1.29, 1.82) is 0 Å². The number of carbonyl (C=O) groups is 1. The number of benzene rings is 1. The summed E-state index contributed by atoms with van der Waals surface area (Å²) in [6.07, 6.45) is 2.23. The molecule has 19 heavy (non-hydrogen) atoms.